The molecule has 0 saturated carbocycles. The van der Waals surface area contributed by atoms with E-state index in [2.05, 4.69) is 5.10 Å². The maximum Gasteiger partial charge on any atom is 0.293 e. The standard InChI is InChI=1S/C21H30N6O5S/c1-3-26(4-2)33(31,32)18-8-9-19(20(17-18)27(29)30)23-13-15-24(16-14-23)21(28)7-5-11-25-12-6-10-22-25/h6,8-10,12,17H,3-5,7,11,13-16H2,1-2H3. The third-order valence-corrected chi connectivity index (χ3v) is 7.84. The lowest BCUT2D eigenvalue weighted by Gasteiger charge is -2.36. The molecule has 2 heterocycles. The summed E-state index contributed by atoms with van der Waals surface area (Å²) in [5.41, 5.74) is 0.117. The molecule has 1 fully saturated rings. The minimum atomic E-state index is -3.80. The Morgan fingerprint density at radius 1 is 1.18 bits per heavy atom. The van der Waals surface area contributed by atoms with Crippen LogP contribution in [0.3, 0.4) is 0 Å². The Balaban J connectivity index is 1.65. The Kier molecular flexibility index (Phi) is 8.03. The van der Waals surface area contributed by atoms with E-state index in [4.69, 9.17) is 0 Å². The Labute approximate surface area is 193 Å². The van der Waals surface area contributed by atoms with E-state index in [1.54, 1.807) is 29.6 Å². The van der Waals surface area contributed by atoms with Gasteiger partial charge in [0.15, 0.2) is 0 Å². The van der Waals surface area contributed by atoms with Crippen LogP contribution in [-0.2, 0) is 21.4 Å². The lowest BCUT2D eigenvalue weighted by molar-refractivity contribution is -0.384. The number of anilines is 1. The number of piperazine rings is 1. The first-order chi connectivity index (χ1) is 15.8. The van der Waals surface area contributed by atoms with Gasteiger partial charge in [-0.1, -0.05) is 13.8 Å². The summed E-state index contributed by atoms with van der Waals surface area (Å²) in [6.07, 6.45) is 4.66. The van der Waals surface area contributed by atoms with E-state index < -0.39 is 14.9 Å². The summed E-state index contributed by atoms with van der Waals surface area (Å²) in [6.45, 7) is 6.48. The van der Waals surface area contributed by atoms with Crippen molar-refractivity contribution in [2.45, 2.75) is 38.1 Å². The highest BCUT2D eigenvalue weighted by atomic mass is 32.2. The summed E-state index contributed by atoms with van der Waals surface area (Å²) in [5.74, 6) is 0.0527. The van der Waals surface area contributed by atoms with Crippen molar-refractivity contribution in [1.82, 2.24) is 19.0 Å². The van der Waals surface area contributed by atoms with Crippen LogP contribution in [0, 0.1) is 10.1 Å². The normalized spacial score (nSPS) is 14.6. The van der Waals surface area contributed by atoms with Gasteiger partial charge in [0.05, 0.1) is 9.82 Å². The molecule has 1 aliphatic rings. The lowest BCUT2D eigenvalue weighted by atomic mass is 10.2. The second-order valence-electron chi connectivity index (χ2n) is 7.74. The van der Waals surface area contributed by atoms with Gasteiger partial charge in [0.25, 0.3) is 5.69 Å². The van der Waals surface area contributed by atoms with Crippen LogP contribution in [0.1, 0.15) is 26.7 Å². The van der Waals surface area contributed by atoms with Crippen molar-refractivity contribution in [3.63, 3.8) is 0 Å². The molecule has 12 heteroatoms. The minimum absolute atomic E-state index is 0.0527. The maximum absolute atomic E-state index is 12.8. The fraction of sp³-hybridized carbons (Fsp3) is 0.524. The smallest absolute Gasteiger partial charge is 0.293 e. The molecule has 0 spiro atoms. The largest absolute Gasteiger partial charge is 0.362 e. The maximum atomic E-state index is 12.8. The predicted octanol–water partition coefficient (Wildman–Crippen LogP) is 1.95. The first-order valence-corrected chi connectivity index (χ1v) is 12.5. The number of carbonyl (C=O) groups is 1. The quantitative estimate of drug-likeness (QED) is 0.378. The van der Waals surface area contributed by atoms with Gasteiger partial charge in [-0.3, -0.25) is 19.6 Å². The molecule has 1 aromatic carbocycles. The van der Waals surface area contributed by atoms with Crippen molar-refractivity contribution in [2.75, 3.05) is 44.2 Å². The Morgan fingerprint density at radius 3 is 2.45 bits per heavy atom. The number of carbonyl (C=O) groups excluding carboxylic acids is 1. The van der Waals surface area contributed by atoms with Gasteiger partial charge in [-0.15, -0.1) is 0 Å². The first-order valence-electron chi connectivity index (χ1n) is 11.1. The van der Waals surface area contributed by atoms with Crippen LogP contribution < -0.4 is 4.90 Å². The van der Waals surface area contributed by atoms with Gasteiger partial charge >= 0.3 is 0 Å². The van der Waals surface area contributed by atoms with Crippen LogP contribution in [0.4, 0.5) is 11.4 Å². The Hall–Kier alpha value is -2.99. The summed E-state index contributed by atoms with van der Waals surface area (Å²) < 4.78 is 28.6. The zero-order valence-corrected chi connectivity index (χ0v) is 19.8. The van der Waals surface area contributed by atoms with Gasteiger partial charge < -0.3 is 9.80 Å². The molecule has 1 aliphatic heterocycles. The molecule has 1 aromatic heterocycles. The highest BCUT2D eigenvalue weighted by Gasteiger charge is 2.29. The average molecular weight is 479 g/mol. The van der Waals surface area contributed by atoms with Crippen LogP contribution in [0.5, 0.6) is 0 Å². The summed E-state index contributed by atoms with van der Waals surface area (Å²) in [4.78, 5) is 27.2. The number of aryl methyl sites for hydroxylation is 1. The van der Waals surface area contributed by atoms with Crippen molar-refractivity contribution >= 4 is 27.3 Å². The second kappa shape index (κ2) is 10.8. The molecule has 1 amide bonds. The van der Waals surface area contributed by atoms with Crippen molar-refractivity contribution in [2.24, 2.45) is 0 Å². The molecular formula is C21H30N6O5S. The molecule has 1 saturated heterocycles. The minimum Gasteiger partial charge on any atom is -0.362 e. The zero-order chi connectivity index (χ0) is 24.0. The SMILES string of the molecule is CCN(CC)S(=O)(=O)c1ccc(N2CCN(C(=O)CCCn3cccn3)CC2)c([N+](=O)[O-])c1. The molecule has 11 nitrogen and oxygen atoms in total. The molecule has 0 bridgehead atoms. The fourth-order valence-corrected chi connectivity index (χ4v) is 5.45. The second-order valence-corrected chi connectivity index (χ2v) is 9.68. The van der Waals surface area contributed by atoms with Gasteiger partial charge in [0.2, 0.25) is 15.9 Å². The molecule has 180 valence electrons. The summed E-state index contributed by atoms with van der Waals surface area (Å²) in [6, 6.07) is 5.89. The van der Waals surface area contributed by atoms with Gasteiger partial charge in [-0.25, -0.2) is 8.42 Å². The monoisotopic (exact) mass is 478 g/mol. The van der Waals surface area contributed by atoms with E-state index in [0.717, 1.165) is 6.07 Å². The number of nitrogens with zero attached hydrogens (tertiary/aromatic N) is 6. The van der Waals surface area contributed by atoms with E-state index >= 15 is 0 Å². The molecular weight excluding hydrogens is 448 g/mol. The number of nitro benzene ring substituents is 1. The highest BCUT2D eigenvalue weighted by Crippen LogP contribution is 2.32. The van der Waals surface area contributed by atoms with Crippen LogP contribution in [0.15, 0.2) is 41.6 Å². The van der Waals surface area contributed by atoms with E-state index in [0.29, 0.717) is 51.3 Å². The van der Waals surface area contributed by atoms with Gasteiger partial charge in [0, 0.05) is 70.7 Å². The number of benzene rings is 1. The summed E-state index contributed by atoms with van der Waals surface area (Å²) in [7, 11) is -3.80. The highest BCUT2D eigenvalue weighted by molar-refractivity contribution is 7.89. The lowest BCUT2D eigenvalue weighted by Crippen LogP contribution is -2.49. The van der Waals surface area contributed by atoms with Gasteiger partial charge in [0.1, 0.15) is 5.69 Å². The Morgan fingerprint density at radius 2 is 1.88 bits per heavy atom. The van der Waals surface area contributed by atoms with E-state index in [1.807, 2.05) is 17.2 Å². The molecule has 0 aliphatic carbocycles. The number of hydrogen-bond acceptors (Lipinski definition) is 7. The zero-order valence-electron chi connectivity index (χ0n) is 19.0. The van der Waals surface area contributed by atoms with Gasteiger partial charge in [-0.05, 0) is 24.6 Å². The molecule has 0 atom stereocenters. The third-order valence-electron chi connectivity index (χ3n) is 5.80. The molecule has 0 unspecified atom stereocenters. The first kappa shape index (κ1) is 24.6. The van der Waals surface area contributed by atoms with Crippen molar-refractivity contribution < 1.29 is 18.1 Å². The molecule has 0 radical (unpaired) electrons. The number of sulfonamides is 1. The van der Waals surface area contributed by atoms with Crippen molar-refractivity contribution in [3.05, 3.63) is 46.8 Å². The molecule has 2 aromatic rings. The van der Waals surface area contributed by atoms with E-state index in [1.165, 1.54) is 16.4 Å². The van der Waals surface area contributed by atoms with Gasteiger partial charge in [-0.2, -0.15) is 9.40 Å². The van der Waals surface area contributed by atoms with Crippen LogP contribution in [0.2, 0.25) is 0 Å². The fourth-order valence-electron chi connectivity index (χ4n) is 3.97. The summed E-state index contributed by atoms with van der Waals surface area (Å²) in [5, 5.41) is 15.9. The van der Waals surface area contributed by atoms with E-state index in [-0.39, 0.29) is 29.6 Å². The molecule has 33 heavy (non-hydrogen) atoms. The predicted molar refractivity (Wildman–Crippen MR) is 123 cm³/mol. The number of amides is 1. The van der Waals surface area contributed by atoms with Crippen molar-refractivity contribution in [1.29, 1.82) is 0 Å². The number of hydrogen-bond donors (Lipinski definition) is 0. The third kappa shape index (κ3) is 5.69. The van der Waals surface area contributed by atoms with E-state index in [9.17, 15) is 23.3 Å². The van der Waals surface area contributed by atoms with Crippen LogP contribution in [0.25, 0.3) is 0 Å². The number of aromatic nitrogens is 2. The van der Waals surface area contributed by atoms with Crippen molar-refractivity contribution in [3.8, 4) is 0 Å². The Bertz CT molecular complexity index is 1060. The van der Waals surface area contributed by atoms with Crippen LogP contribution in [-0.4, -0.2) is 77.5 Å². The molecule has 3 rings (SSSR count). The summed E-state index contributed by atoms with van der Waals surface area (Å²) >= 11 is 0. The topological polar surface area (TPSA) is 122 Å². The number of rotatable bonds is 10. The average Bonchev–Trinajstić information content (AvgIpc) is 3.33. The number of nitro groups is 1. The molecule has 0 N–H and O–H groups in total. The van der Waals surface area contributed by atoms with Crippen LogP contribution >= 0.6 is 0 Å².